The Labute approximate surface area is 205 Å². The number of carbonyl (C=O) groups is 2. The van der Waals surface area contributed by atoms with Crippen LogP contribution in [0.1, 0.15) is 16.0 Å². The third-order valence-electron chi connectivity index (χ3n) is 5.19. The zero-order valence-electron chi connectivity index (χ0n) is 18.3. The van der Waals surface area contributed by atoms with Crippen molar-refractivity contribution in [3.8, 4) is 11.5 Å². The second-order valence-corrected chi connectivity index (χ2v) is 9.63. The number of nitrogens with zero attached hydrogens (tertiary/aromatic N) is 2. The number of amides is 2. The van der Waals surface area contributed by atoms with Crippen LogP contribution in [-0.2, 0) is 16.1 Å². The zero-order chi connectivity index (χ0) is 23.5. The van der Waals surface area contributed by atoms with Crippen LogP contribution in [0.25, 0.3) is 6.08 Å². The van der Waals surface area contributed by atoms with E-state index in [9.17, 15) is 9.59 Å². The van der Waals surface area contributed by atoms with Gasteiger partial charge in [0.05, 0.1) is 18.0 Å². The van der Waals surface area contributed by atoms with Gasteiger partial charge in [-0.3, -0.25) is 14.5 Å². The highest BCUT2D eigenvalue weighted by molar-refractivity contribution is 8.14. The summed E-state index contributed by atoms with van der Waals surface area (Å²) in [5.41, 5.74) is 2.86. The Balaban J connectivity index is 1.36. The smallest absolute Gasteiger partial charge is 0.283 e. The van der Waals surface area contributed by atoms with Crippen LogP contribution in [0.15, 0.2) is 70.7 Å². The minimum absolute atomic E-state index is 0.120. The van der Waals surface area contributed by atoms with Crippen LogP contribution < -0.4 is 19.7 Å². The molecule has 2 aliphatic heterocycles. The Kier molecular flexibility index (Phi) is 6.37. The summed E-state index contributed by atoms with van der Waals surface area (Å²) in [4.78, 5) is 33.0. The lowest BCUT2D eigenvalue weighted by molar-refractivity contribution is -0.118. The number of aryl methyl sites for hydroxylation is 1. The van der Waals surface area contributed by atoms with Crippen LogP contribution >= 0.6 is 23.1 Å². The summed E-state index contributed by atoms with van der Waals surface area (Å²) >= 11 is 2.83. The van der Waals surface area contributed by atoms with E-state index in [1.165, 1.54) is 11.8 Å². The zero-order valence-corrected chi connectivity index (χ0v) is 19.9. The van der Waals surface area contributed by atoms with Gasteiger partial charge in [0, 0.05) is 4.88 Å². The summed E-state index contributed by atoms with van der Waals surface area (Å²) in [7, 11) is 0. The molecule has 7 nitrogen and oxygen atoms in total. The number of thiophene rings is 1. The molecule has 0 atom stereocenters. The first-order valence-corrected chi connectivity index (χ1v) is 12.5. The third-order valence-corrected chi connectivity index (χ3v) is 7.01. The highest BCUT2D eigenvalue weighted by Crippen LogP contribution is 2.34. The molecule has 0 saturated heterocycles. The number of nitrogens with one attached hydrogen (secondary N) is 1. The van der Waals surface area contributed by atoms with E-state index >= 15 is 0 Å². The minimum Gasteiger partial charge on any atom is -0.454 e. The lowest BCUT2D eigenvalue weighted by Crippen LogP contribution is -2.32. The molecular formula is C25H21N3O4S2. The number of hydrogen-bond donors (Lipinski definition) is 1. The van der Waals surface area contributed by atoms with Crippen LogP contribution in [0.5, 0.6) is 11.5 Å². The van der Waals surface area contributed by atoms with Gasteiger partial charge < -0.3 is 14.8 Å². The molecule has 9 heteroatoms. The van der Waals surface area contributed by atoms with E-state index in [0.29, 0.717) is 34.6 Å². The summed E-state index contributed by atoms with van der Waals surface area (Å²) in [6.45, 7) is 2.66. The first-order chi connectivity index (χ1) is 16.6. The molecule has 3 aromatic rings. The number of ether oxygens (including phenoxy) is 2. The lowest BCUT2D eigenvalue weighted by Gasteiger charge is -2.18. The molecule has 1 N–H and O–H groups in total. The Hall–Kier alpha value is -3.56. The molecule has 0 radical (unpaired) electrons. The van der Waals surface area contributed by atoms with Crippen LogP contribution in [0.3, 0.4) is 0 Å². The van der Waals surface area contributed by atoms with Crippen LogP contribution in [0, 0.1) is 6.92 Å². The SMILES string of the molecule is Cc1ccc(N2C(=O)/C(=C\c3ccc4c(c3)OCO4)N=C2SCC(=O)NCc2cccs2)cc1. The molecule has 0 spiro atoms. The Morgan fingerprint density at radius 2 is 2.00 bits per heavy atom. The molecule has 3 heterocycles. The first-order valence-electron chi connectivity index (χ1n) is 10.6. The monoisotopic (exact) mass is 491 g/mol. The molecule has 172 valence electrons. The van der Waals surface area contributed by atoms with E-state index in [-0.39, 0.29) is 24.4 Å². The molecule has 34 heavy (non-hydrogen) atoms. The van der Waals surface area contributed by atoms with E-state index in [2.05, 4.69) is 10.3 Å². The molecule has 2 amide bonds. The van der Waals surface area contributed by atoms with E-state index in [4.69, 9.17) is 9.47 Å². The topological polar surface area (TPSA) is 80.2 Å². The van der Waals surface area contributed by atoms with Gasteiger partial charge in [-0.25, -0.2) is 4.99 Å². The number of fused-ring (bicyclic) bond motifs is 1. The number of anilines is 1. The molecule has 0 fully saturated rings. The maximum absolute atomic E-state index is 13.3. The predicted octanol–water partition coefficient (Wildman–Crippen LogP) is 4.58. The molecule has 5 rings (SSSR count). The summed E-state index contributed by atoms with van der Waals surface area (Å²) < 4.78 is 10.8. The van der Waals surface area contributed by atoms with Crippen LogP contribution in [-0.4, -0.2) is 29.5 Å². The van der Waals surface area contributed by atoms with Crippen molar-refractivity contribution in [1.29, 1.82) is 0 Å². The average molecular weight is 492 g/mol. The summed E-state index contributed by atoms with van der Waals surface area (Å²) in [5.74, 6) is 1.09. The minimum atomic E-state index is -0.247. The van der Waals surface area contributed by atoms with Crippen molar-refractivity contribution in [3.05, 3.63) is 81.7 Å². The number of hydrogen-bond acceptors (Lipinski definition) is 7. The van der Waals surface area contributed by atoms with E-state index in [0.717, 1.165) is 16.0 Å². The van der Waals surface area contributed by atoms with Crippen molar-refractivity contribution < 1.29 is 19.1 Å². The number of benzene rings is 2. The Morgan fingerprint density at radius 3 is 2.79 bits per heavy atom. The van der Waals surface area contributed by atoms with E-state index in [1.807, 2.05) is 66.9 Å². The molecule has 0 unspecified atom stereocenters. The number of amidine groups is 1. The summed E-state index contributed by atoms with van der Waals surface area (Å²) in [6.07, 6.45) is 1.72. The van der Waals surface area contributed by atoms with Gasteiger partial charge in [-0.05, 0) is 54.3 Å². The van der Waals surface area contributed by atoms with Gasteiger partial charge in [-0.15, -0.1) is 11.3 Å². The maximum Gasteiger partial charge on any atom is 0.283 e. The second-order valence-electron chi connectivity index (χ2n) is 7.66. The van der Waals surface area contributed by atoms with Gasteiger partial charge in [0.2, 0.25) is 12.7 Å². The second kappa shape index (κ2) is 9.74. The quantitative estimate of drug-likeness (QED) is 0.511. The van der Waals surface area contributed by atoms with Gasteiger partial charge in [0.1, 0.15) is 5.70 Å². The van der Waals surface area contributed by atoms with Crippen molar-refractivity contribution in [2.75, 3.05) is 17.4 Å². The van der Waals surface area contributed by atoms with Crippen molar-refractivity contribution in [1.82, 2.24) is 5.32 Å². The lowest BCUT2D eigenvalue weighted by atomic mass is 10.1. The normalized spacial score (nSPS) is 15.7. The standard InChI is InChI=1S/C25H21N3O4S2/c1-16-4-7-18(8-5-16)28-24(30)20(11-17-6-9-21-22(12-17)32-15-31-21)27-25(28)34-14-23(29)26-13-19-3-2-10-33-19/h2-12H,13-15H2,1H3,(H,26,29)/b20-11+. The fraction of sp³-hybridized carbons (Fsp3) is 0.160. The van der Waals surface area contributed by atoms with E-state index in [1.54, 1.807) is 22.3 Å². The summed E-state index contributed by atoms with van der Waals surface area (Å²) in [6, 6.07) is 17.0. The molecule has 2 aromatic carbocycles. The fourth-order valence-corrected chi connectivity index (χ4v) is 4.94. The predicted molar refractivity (Wildman–Crippen MR) is 135 cm³/mol. The summed E-state index contributed by atoms with van der Waals surface area (Å²) in [5, 5.41) is 5.35. The molecule has 0 bridgehead atoms. The largest absolute Gasteiger partial charge is 0.454 e. The van der Waals surface area contributed by atoms with Gasteiger partial charge >= 0.3 is 0 Å². The van der Waals surface area contributed by atoms with Crippen LogP contribution in [0.4, 0.5) is 5.69 Å². The number of aliphatic imine (C=N–C) groups is 1. The van der Waals surface area contributed by atoms with Gasteiger partial charge in [-0.2, -0.15) is 0 Å². The van der Waals surface area contributed by atoms with E-state index < -0.39 is 0 Å². The molecule has 0 aliphatic carbocycles. The van der Waals surface area contributed by atoms with Crippen LogP contribution in [0.2, 0.25) is 0 Å². The molecular weight excluding hydrogens is 470 g/mol. The molecule has 1 aromatic heterocycles. The number of carbonyl (C=O) groups excluding carboxylic acids is 2. The molecule has 0 saturated carbocycles. The fourth-order valence-electron chi connectivity index (χ4n) is 3.46. The van der Waals surface area contributed by atoms with Gasteiger partial charge in [0.15, 0.2) is 16.7 Å². The number of rotatable bonds is 6. The highest BCUT2D eigenvalue weighted by Gasteiger charge is 2.32. The highest BCUT2D eigenvalue weighted by atomic mass is 32.2. The Morgan fingerprint density at radius 1 is 1.18 bits per heavy atom. The first kappa shape index (κ1) is 22.2. The maximum atomic E-state index is 13.3. The van der Waals surface area contributed by atoms with Crippen molar-refractivity contribution >= 4 is 51.8 Å². The van der Waals surface area contributed by atoms with Crippen molar-refractivity contribution in [2.24, 2.45) is 4.99 Å². The molecule has 2 aliphatic rings. The van der Waals surface area contributed by atoms with Gasteiger partial charge in [0.25, 0.3) is 5.91 Å². The van der Waals surface area contributed by atoms with Crippen molar-refractivity contribution in [3.63, 3.8) is 0 Å². The average Bonchev–Trinajstić information content (AvgIpc) is 3.58. The van der Waals surface area contributed by atoms with Crippen molar-refractivity contribution in [2.45, 2.75) is 13.5 Å². The third kappa shape index (κ3) is 4.85. The van der Waals surface area contributed by atoms with Gasteiger partial charge in [-0.1, -0.05) is 41.6 Å². The Bertz CT molecular complexity index is 1280. The number of thioether (sulfide) groups is 1.